The molecule has 0 aliphatic heterocycles. The molecule has 0 N–H and O–H groups in total. The van der Waals surface area contributed by atoms with Gasteiger partial charge in [0.1, 0.15) is 0 Å². The van der Waals surface area contributed by atoms with Crippen molar-refractivity contribution in [3.63, 3.8) is 0 Å². The quantitative estimate of drug-likeness (QED) is 0.442. The van der Waals surface area contributed by atoms with Crippen LogP contribution in [-0.4, -0.2) is 12.6 Å². The molecule has 2 aliphatic rings. The van der Waals surface area contributed by atoms with E-state index in [2.05, 4.69) is 13.8 Å². The largest absolute Gasteiger partial charge is 0.465 e. The Hall–Kier alpha value is -0.530. The van der Waals surface area contributed by atoms with Crippen molar-refractivity contribution in [3.8, 4) is 0 Å². The smallest absolute Gasteiger partial charge is 0.308 e. The zero-order chi connectivity index (χ0) is 15.8. The van der Waals surface area contributed by atoms with E-state index in [-0.39, 0.29) is 11.9 Å². The number of carbonyl (C=O) groups excluding carboxylic acids is 1. The van der Waals surface area contributed by atoms with Gasteiger partial charge in [-0.1, -0.05) is 46.0 Å². The molecule has 0 amide bonds. The topological polar surface area (TPSA) is 26.3 Å². The molecule has 2 aliphatic carbocycles. The number of unbranched alkanes of at least 4 members (excludes halogenated alkanes) is 1. The molecule has 128 valence electrons. The van der Waals surface area contributed by atoms with Crippen LogP contribution in [0.4, 0.5) is 0 Å². The second kappa shape index (κ2) is 9.57. The summed E-state index contributed by atoms with van der Waals surface area (Å²) in [6.45, 7) is 5.07. The van der Waals surface area contributed by atoms with Crippen LogP contribution in [0.2, 0.25) is 0 Å². The van der Waals surface area contributed by atoms with Crippen molar-refractivity contribution in [2.24, 2.45) is 23.7 Å². The highest BCUT2D eigenvalue weighted by Crippen LogP contribution is 2.42. The monoisotopic (exact) mass is 308 g/mol. The van der Waals surface area contributed by atoms with Crippen LogP contribution in [0.3, 0.4) is 0 Å². The first kappa shape index (κ1) is 17.8. The van der Waals surface area contributed by atoms with E-state index in [1.807, 2.05) is 0 Å². The average molecular weight is 309 g/mol. The van der Waals surface area contributed by atoms with Gasteiger partial charge in [-0.15, -0.1) is 0 Å². The van der Waals surface area contributed by atoms with Crippen LogP contribution >= 0.6 is 0 Å². The molecule has 0 radical (unpaired) electrons. The van der Waals surface area contributed by atoms with Gasteiger partial charge in [0.25, 0.3) is 0 Å². The van der Waals surface area contributed by atoms with Gasteiger partial charge in [-0.25, -0.2) is 0 Å². The molecule has 2 nitrogen and oxygen atoms in total. The maximum Gasteiger partial charge on any atom is 0.308 e. The van der Waals surface area contributed by atoms with Gasteiger partial charge in [0.05, 0.1) is 12.5 Å². The number of rotatable bonds is 7. The van der Waals surface area contributed by atoms with Gasteiger partial charge in [-0.2, -0.15) is 0 Å². The lowest BCUT2D eigenvalue weighted by atomic mass is 9.69. The zero-order valence-electron chi connectivity index (χ0n) is 14.8. The van der Waals surface area contributed by atoms with Crippen LogP contribution < -0.4 is 0 Å². The molecule has 0 spiro atoms. The lowest BCUT2D eigenvalue weighted by Gasteiger charge is -2.37. The minimum absolute atomic E-state index is 0.0820. The molecule has 0 heterocycles. The molecule has 22 heavy (non-hydrogen) atoms. The van der Waals surface area contributed by atoms with Crippen molar-refractivity contribution in [1.29, 1.82) is 0 Å². The molecule has 0 unspecified atom stereocenters. The number of carbonyl (C=O) groups is 1. The first-order valence-electron chi connectivity index (χ1n) is 9.91. The Labute approximate surface area is 137 Å². The van der Waals surface area contributed by atoms with Crippen molar-refractivity contribution < 1.29 is 9.53 Å². The van der Waals surface area contributed by atoms with Crippen LogP contribution in [-0.2, 0) is 9.53 Å². The van der Waals surface area contributed by atoms with Crippen molar-refractivity contribution in [2.45, 2.75) is 90.9 Å². The van der Waals surface area contributed by atoms with Crippen molar-refractivity contribution >= 4 is 5.97 Å². The maximum atomic E-state index is 12.0. The van der Waals surface area contributed by atoms with Gasteiger partial charge in [0.2, 0.25) is 0 Å². The molecular weight excluding hydrogens is 272 g/mol. The highest BCUT2D eigenvalue weighted by Gasteiger charge is 2.33. The second-order valence-corrected chi connectivity index (χ2v) is 7.70. The lowest BCUT2D eigenvalue weighted by Crippen LogP contribution is -2.29. The fourth-order valence-corrected chi connectivity index (χ4v) is 4.62. The predicted molar refractivity (Wildman–Crippen MR) is 91.7 cm³/mol. The highest BCUT2D eigenvalue weighted by molar-refractivity contribution is 5.72. The molecular formula is C20H36O2. The van der Waals surface area contributed by atoms with Gasteiger partial charge < -0.3 is 4.74 Å². The minimum atomic E-state index is 0.0820. The highest BCUT2D eigenvalue weighted by atomic mass is 16.5. The van der Waals surface area contributed by atoms with Gasteiger partial charge >= 0.3 is 5.97 Å². The van der Waals surface area contributed by atoms with E-state index in [1.54, 1.807) is 0 Å². The summed E-state index contributed by atoms with van der Waals surface area (Å²) in [6.07, 6.45) is 15.4. The second-order valence-electron chi connectivity index (χ2n) is 7.70. The SMILES string of the molecule is CCCCOC(=O)[C@H]1CC[C@H]([C@H]2CC[C@H](CCC)CC2)CC1. The van der Waals surface area contributed by atoms with E-state index in [4.69, 9.17) is 4.74 Å². The molecule has 0 aromatic rings. The standard InChI is InChI=1S/C20H36O2/c1-3-5-15-22-20(21)19-13-11-18(12-14-19)17-9-7-16(6-4-2)8-10-17/h16-19H,3-15H2,1-2H3/t16-,17-,18-,19-. The molecule has 0 aromatic heterocycles. The molecule has 2 heteroatoms. The van der Waals surface area contributed by atoms with E-state index in [9.17, 15) is 4.79 Å². The molecule has 2 fully saturated rings. The Morgan fingerprint density at radius 2 is 1.45 bits per heavy atom. The minimum Gasteiger partial charge on any atom is -0.465 e. The summed E-state index contributed by atoms with van der Waals surface area (Å²) < 4.78 is 5.40. The van der Waals surface area contributed by atoms with Crippen LogP contribution in [0.25, 0.3) is 0 Å². The number of esters is 1. The van der Waals surface area contributed by atoms with E-state index in [1.165, 1.54) is 51.4 Å². The van der Waals surface area contributed by atoms with Crippen LogP contribution in [0.15, 0.2) is 0 Å². The third-order valence-electron chi connectivity index (χ3n) is 6.10. The van der Waals surface area contributed by atoms with E-state index >= 15 is 0 Å². The van der Waals surface area contributed by atoms with Gasteiger partial charge in [0.15, 0.2) is 0 Å². The number of hydrogen-bond donors (Lipinski definition) is 0. The van der Waals surface area contributed by atoms with Gasteiger partial charge in [-0.3, -0.25) is 4.79 Å². The molecule has 0 saturated heterocycles. The molecule has 0 atom stereocenters. The van der Waals surface area contributed by atoms with Crippen LogP contribution in [0, 0.1) is 23.7 Å². The lowest BCUT2D eigenvalue weighted by molar-refractivity contribution is -0.150. The summed E-state index contributed by atoms with van der Waals surface area (Å²) >= 11 is 0. The van der Waals surface area contributed by atoms with Crippen molar-refractivity contribution in [3.05, 3.63) is 0 Å². The summed E-state index contributed by atoms with van der Waals surface area (Å²) in [7, 11) is 0. The third kappa shape index (κ3) is 5.28. The Bertz CT molecular complexity index is 310. The maximum absolute atomic E-state index is 12.0. The molecule has 0 aromatic carbocycles. The normalized spacial score (nSPS) is 32.6. The summed E-state index contributed by atoms with van der Waals surface area (Å²) in [4.78, 5) is 12.0. The van der Waals surface area contributed by atoms with Gasteiger partial charge in [-0.05, 0) is 62.7 Å². The Kier molecular flexibility index (Phi) is 7.75. The van der Waals surface area contributed by atoms with Gasteiger partial charge in [0, 0.05) is 0 Å². The summed E-state index contributed by atoms with van der Waals surface area (Å²) in [5.74, 6) is 3.13. The summed E-state index contributed by atoms with van der Waals surface area (Å²) in [6, 6.07) is 0. The van der Waals surface area contributed by atoms with E-state index < -0.39 is 0 Å². The Morgan fingerprint density at radius 3 is 2.00 bits per heavy atom. The van der Waals surface area contributed by atoms with Crippen LogP contribution in [0.1, 0.15) is 90.9 Å². The summed E-state index contributed by atoms with van der Waals surface area (Å²) in [5, 5.41) is 0. The molecule has 2 rings (SSSR count). The number of hydrogen-bond acceptors (Lipinski definition) is 2. The molecule has 2 saturated carbocycles. The average Bonchev–Trinajstić information content (AvgIpc) is 2.56. The molecule has 0 bridgehead atoms. The van der Waals surface area contributed by atoms with Crippen molar-refractivity contribution in [2.75, 3.05) is 6.61 Å². The van der Waals surface area contributed by atoms with Crippen LogP contribution in [0.5, 0.6) is 0 Å². The van der Waals surface area contributed by atoms with E-state index in [0.717, 1.165) is 43.4 Å². The fourth-order valence-electron chi connectivity index (χ4n) is 4.62. The Morgan fingerprint density at radius 1 is 0.864 bits per heavy atom. The third-order valence-corrected chi connectivity index (χ3v) is 6.10. The van der Waals surface area contributed by atoms with Crippen molar-refractivity contribution in [1.82, 2.24) is 0 Å². The predicted octanol–water partition coefficient (Wildman–Crippen LogP) is 5.74. The van der Waals surface area contributed by atoms with E-state index in [0.29, 0.717) is 6.61 Å². The zero-order valence-corrected chi connectivity index (χ0v) is 14.8. The first-order valence-corrected chi connectivity index (χ1v) is 9.91. The Balaban J connectivity index is 1.66. The fraction of sp³-hybridized carbons (Fsp3) is 0.950. The first-order chi connectivity index (χ1) is 10.7. The summed E-state index contributed by atoms with van der Waals surface area (Å²) in [5.41, 5.74) is 0. The number of ether oxygens (including phenoxy) is 1.